The fourth-order valence-corrected chi connectivity index (χ4v) is 2.40. The molecule has 0 spiro atoms. The molecular formula is C12H13ClO. The first-order valence-corrected chi connectivity index (χ1v) is 5.40. The molecule has 1 saturated carbocycles. The van der Waals surface area contributed by atoms with Crippen molar-refractivity contribution < 1.29 is 4.79 Å². The fraction of sp³-hybridized carbons (Fsp3) is 0.417. The van der Waals surface area contributed by atoms with Gasteiger partial charge in [0.2, 0.25) is 0 Å². The van der Waals surface area contributed by atoms with Crippen LogP contribution < -0.4 is 0 Å². The van der Waals surface area contributed by atoms with Crippen molar-refractivity contribution in [3.05, 3.63) is 34.9 Å². The zero-order valence-corrected chi connectivity index (χ0v) is 8.70. The second kappa shape index (κ2) is 4.14. The van der Waals surface area contributed by atoms with Gasteiger partial charge < -0.3 is 4.79 Å². The number of carbonyl (C=O) groups is 1. The molecule has 0 heterocycles. The molecule has 1 fully saturated rings. The molecule has 74 valence electrons. The summed E-state index contributed by atoms with van der Waals surface area (Å²) in [7, 11) is 0. The van der Waals surface area contributed by atoms with Crippen LogP contribution in [0.2, 0.25) is 5.02 Å². The van der Waals surface area contributed by atoms with Crippen LogP contribution in [0.4, 0.5) is 0 Å². The van der Waals surface area contributed by atoms with Gasteiger partial charge in [-0.15, -0.1) is 0 Å². The predicted molar refractivity (Wildman–Crippen MR) is 57.6 cm³/mol. The van der Waals surface area contributed by atoms with Gasteiger partial charge in [-0.1, -0.05) is 30.2 Å². The first-order valence-electron chi connectivity index (χ1n) is 5.02. The SMILES string of the molecule is O=C[C@@H]1CCCC1c1ccc(Cl)cc1. The van der Waals surface area contributed by atoms with E-state index >= 15 is 0 Å². The highest BCUT2D eigenvalue weighted by Crippen LogP contribution is 2.38. The van der Waals surface area contributed by atoms with Gasteiger partial charge in [0.1, 0.15) is 6.29 Å². The molecule has 2 heteroatoms. The van der Waals surface area contributed by atoms with Crippen LogP contribution in [0.3, 0.4) is 0 Å². The van der Waals surface area contributed by atoms with Gasteiger partial charge in [0.25, 0.3) is 0 Å². The Labute approximate surface area is 89.1 Å². The summed E-state index contributed by atoms with van der Waals surface area (Å²) in [5.41, 5.74) is 1.25. The number of hydrogen-bond acceptors (Lipinski definition) is 1. The van der Waals surface area contributed by atoms with Crippen molar-refractivity contribution in [3.8, 4) is 0 Å². The first-order chi connectivity index (χ1) is 6.81. The highest BCUT2D eigenvalue weighted by molar-refractivity contribution is 6.30. The molecule has 1 aromatic rings. The number of halogens is 1. The van der Waals surface area contributed by atoms with Crippen molar-refractivity contribution in [2.45, 2.75) is 25.2 Å². The lowest BCUT2D eigenvalue weighted by molar-refractivity contribution is -0.111. The maximum atomic E-state index is 10.8. The van der Waals surface area contributed by atoms with Crippen molar-refractivity contribution in [2.24, 2.45) is 5.92 Å². The molecule has 1 unspecified atom stereocenters. The molecule has 1 aliphatic carbocycles. The first kappa shape index (κ1) is 9.72. The number of benzene rings is 1. The average molecular weight is 209 g/mol. The standard InChI is InChI=1S/C12H13ClO/c13-11-6-4-9(5-7-11)12-3-1-2-10(12)8-14/h4-8,10,12H,1-3H2/t10-,12?/m0/s1. The van der Waals surface area contributed by atoms with Gasteiger partial charge in [-0.2, -0.15) is 0 Å². The molecule has 0 aromatic heterocycles. The summed E-state index contributed by atoms with van der Waals surface area (Å²) in [6.45, 7) is 0. The molecule has 0 aliphatic heterocycles. The minimum Gasteiger partial charge on any atom is -0.303 e. The molecule has 0 N–H and O–H groups in total. The molecular weight excluding hydrogens is 196 g/mol. The van der Waals surface area contributed by atoms with E-state index in [9.17, 15) is 4.79 Å². The van der Waals surface area contributed by atoms with Crippen LogP contribution in [-0.4, -0.2) is 6.29 Å². The summed E-state index contributed by atoms with van der Waals surface area (Å²) < 4.78 is 0. The third-order valence-corrected chi connectivity index (χ3v) is 3.29. The summed E-state index contributed by atoms with van der Waals surface area (Å²) in [5.74, 6) is 0.640. The Morgan fingerprint density at radius 1 is 1.21 bits per heavy atom. The summed E-state index contributed by atoms with van der Waals surface area (Å²) in [5, 5.41) is 0.759. The fourth-order valence-electron chi connectivity index (χ4n) is 2.28. The monoisotopic (exact) mass is 208 g/mol. The Balaban J connectivity index is 2.21. The van der Waals surface area contributed by atoms with E-state index in [1.807, 2.05) is 24.3 Å². The van der Waals surface area contributed by atoms with Gasteiger partial charge in [0, 0.05) is 10.9 Å². The molecule has 14 heavy (non-hydrogen) atoms. The van der Waals surface area contributed by atoms with E-state index in [-0.39, 0.29) is 5.92 Å². The number of aldehydes is 1. The lowest BCUT2D eigenvalue weighted by Gasteiger charge is -2.14. The topological polar surface area (TPSA) is 17.1 Å². The molecule has 1 aliphatic rings. The average Bonchev–Trinajstić information content (AvgIpc) is 2.67. The van der Waals surface area contributed by atoms with Gasteiger partial charge >= 0.3 is 0 Å². The van der Waals surface area contributed by atoms with E-state index in [0.717, 1.165) is 30.6 Å². The van der Waals surface area contributed by atoms with Crippen molar-refractivity contribution >= 4 is 17.9 Å². The second-order valence-corrected chi connectivity index (χ2v) is 4.33. The maximum absolute atomic E-state index is 10.8. The molecule has 1 nitrogen and oxygen atoms in total. The van der Waals surface area contributed by atoms with Gasteiger partial charge in [0.05, 0.1) is 0 Å². The van der Waals surface area contributed by atoms with E-state index in [4.69, 9.17) is 11.6 Å². The van der Waals surface area contributed by atoms with Crippen LogP contribution >= 0.6 is 11.6 Å². The number of rotatable bonds is 2. The Morgan fingerprint density at radius 3 is 2.57 bits per heavy atom. The van der Waals surface area contributed by atoms with E-state index in [1.165, 1.54) is 5.56 Å². The van der Waals surface area contributed by atoms with Crippen LogP contribution in [0.1, 0.15) is 30.7 Å². The Kier molecular flexibility index (Phi) is 2.87. The highest BCUT2D eigenvalue weighted by Gasteiger charge is 2.27. The van der Waals surface area contributed by atoms with E-state index in [2.05, 4.69) is 0 Å². The van der Waals surface area contributed by atoms with Crippen LogP contribution in [0.5, 0.6) is 0 Å². The molecule has 2 rings (SSSR count). The van der Waals surface area contributed by atoms with Crippen LogP contribution in [0.25, 0.3) is 0 Å². The second-order valence-electron chi connectivity index (χ2n) is 3.89. The third kappa shape index (κ3) is 1.83. The summed E-state index contributed by atoms with van der Waals surface area (Å²) in [6, 6.07) is 7.87. The zero-order chi connectivity index (χ0) is 9.97. The predicted octanol–water partition coefficient (Wildman–Crippen LogP) is 3.42. The third-order valence-electron chi connectivity index (χ3n) is 3.04. The highest BCUT2D eigenvalue weighted by atomic mass is 35.5. The van der Waals surface area contributed by atoms with E-state index in [0.29, 0.717) is 5.92 Å². The minimum atomic E-state index is 0.219. The van der Waals surface area contributed by atoms with Gasteiger partial charge in [-0.25, -0.2) is 0 Å². The van der Waals surface area contributed by atoms with Crippen molar-refractivity contribution in [1.82, 2.24) is 0 Å². The number of hydrogen-bond donors (Lipinski definition) is 0. The Bertz CT molecular complexity index is 318. The van der Waals surface area contributed by atoms with Crippen LogP contribution in [0, 0.1) is 5.92 Å². The molecule has 0 amide bonds. The van der Waals surface area contributed by atoms with Crippen LogP contribution in [-0.2, 0) is 4.79 Å². The molecule has 0 bridgehead atoms. The Morgan fingerprint density at radius 2 is 1.93 bits per heavy atom. The molecule has 0 radical (unpaired) electrons. The van der Waals surface area contributed by atoms with Gasteiger partial charge in [-0.3, -0.25) is 0 Å². The van der Waals surface area contributed by atoms with Crippen molar-refractivity contribution in [1.29, 1.82) is 0 Å². The lowest BCUT2D eigenvalue weighted by Crippen LogP contribution is -2.06. The molecule has 2 atom stereocenters. The number of carbonyl (C=O) groups excluding carboxylic acids is 1. The van der Waals surface area contributed by atoms with Gasteiger partial charge in [-0.05, 0) is 36.5 Å². The molecule has 0 saturated heterocycles. The summed E-state index contributed by atoms with van der Waals surface area (Å²) >= 11 is 5.82. The Hall–Kier alpha value is -0.820. The summed E-state index contributed by atoms with van der Waals surface area (Å²) in [6.07, 6.45) is 4.44. The smallest absolute Gasteiger partial charge is 0.123 e. The zero-order valence-electron chi connectivity index (χ0n) is 7.95. The van der Waals surface area contributed by atoms with E-state index in [1.54, 1.807) is 0 Å². The van der Waals surface area contributed by atoms with Crippen molar-refractivity contribution in [2.75, 3.05) is 0 Å². The molecule has 1 aromatic carbocycles. The summed E-state index contributed by atoms with van der Waals surface area (Å²) in [4.78, 5) is 10.8. The lowest BCUT2D eigenvalue weighted by atomic mass is 9.90. The normalized spacial score (nSPS) is 26.4. The maximum Gasteiger partial charge on any atom is 0.123 e. The quantitative estimate of drug-likeness (QED) is 0.681. The largest absolute Gasteiger partial charge is 0.303 e. The minimum absolute atomic E-state index is 0.219. The van der Waals surface area contributed by atoms with E-state index < -0.39 is 0 Å². The van der Waals surface area contributed by atoms with Gasteiger partial charge in [0.15, 0.2) is 0 Å². The van der Waals surface area contributed by atoms with Crippen LogP contribution in [0.15, 0.2) is 24.3 Å². The van der Waals surface area contributed by atoms with Crippen molar-refractivity contribution in [3.63, 3.8) is 0 Å².